The van der Waals surface area contributed by atoms with Gasteiger partial charge in [-0.15, -0.1) is 0 Å². The topological polar surface area (TPSA) is 69.6 Å². The molecule has 1 saturated carbocycles. The summed E-state index contributed by atoms with van der Waals surface area (Å²) >= 11 is 0. The number of benzene rings is 1. The number of nitrogens with zero attached hydrogens (tertiary/aromatic N) is 1. The van der Waals surface area contributed by atoms with Gasteiger partial charge in [-0.2, -0.15) is 0 Å². The fraction of sp³-hybridized carbons (Fsp3) is 0.600. The van der Waals surface area contributed by atoms with Crippen LogP contribution < -0.4 is 10.2 Å². The number of rotatable bonds is 5. The van der Waals surface area contributed by atoms with Crippen molar-refractivity contribution in [3.63, 3.8) is 0 Å². The van der Waals surface area contributed by atoms with E-state index >= 15 is 0 Å². The van der Waals surface area contributed by atoms with Gasteiger partial charge >= 0.3 is 5.97 Å². The van der Waals surface area contributed by atoms with E-state index in [-0.39, 0.29) is 5.91 Å². The maximum atomic E-state index is 12.5. The van der Waals surface area contributed by atoms with Crippen LogP contribution >= 0.6 is 0 Å². The highest BCUT2D eigenvalue weighted by molar-refractivity contribution is 5.87. The van der Waals surface area contributed by atoms with E-state index in [1.165, 1.54) is 19.3 Å². The number of para-hydroxylation sites is 1. The van der Waals surface area contributed by atoms with Crippen molar-refractivity contribution in [2.75, 3.05) is 18.0 Å². The minimum atomic E-state index is -1.11. The molecule has 0 radical (unpaired) electrons. The maximum Gasteiger partial charge on any atom is 0.329 e. The number of nitrogens with one attached hydrogen (secondary N) is 1. The van der Waals surface area contributed by atoms with Gasteiger partial charge in [0.2, 0.25) is 5.91 Å². The van der Waals surface area contributed by atoms with E-state index in [4.69, 9.17) is 0 Å². The van der Waals surface area contributed by atoms with Gasteiger partial charge in [0.1, 0.15) is 5.54 Å². The molecular weight excluding hydrogens is 316 g/mol. The van der Waals surface area contributed by atoms with Gasteiger partial charge in [0, 0.05) is 25.2 Å². The molecule has 2 N–H and O–H groups in total. The fourth-order valence-electron chi connectivity index (χ4n) is 4.15. The van der Waals surface area contributed by atoms with Crippen LogP contribution in [0.1, 0.15) is 51.4 Å². The Morgan fingerprint density at radius 1 is 1.08 bits per heavy atom. The van der Waals surface area contributed by atoms with Crippen molar-refractivity contribution in [3.05, 3.63) is 30.3 Å². The molecule has 5 heteroatoms. The molecule has 2 aliphatic rings. The quantitative estimate of drug-likeness (QED) is 0.861. The zero-order chi connectivity index (χ0) is 17.7. The number of hydrogen-bond donors (Lipinski definition) is 2. The highest BCUT2D eigenvalue weighted by Gasteiger charge is 2.43. The largest absolute Gasteiger partial charge is 0.480 e. The number of amides is 1. The van der Waals surface area contributed by atoms with Crippen molar-refractivity contribution in [3.8, 4) is 0 Å². The molecule has 1 heterocycles. The Balaban J connectivity index is 1.59. The number of carboxylic acids is 1. The highest BCUT2D eigenvalue weighted by Crippen LogP contribution is 2.29. The molecule has 1 aromatic rings. The molecule has 25 heavy (non-hydrogen) atoms. The minimum Gasteiger partial charge on any atom is -0.480 e. The number of carboxylic acid groups (broad SMARTS) is 1. The van der Waals surface area contributed by atoms with Crippen LogP contribution in [0.25, 0.3) is 0 Å². The van der Waals surface area contributed by atoms with Gasteiger partial charge < -0.3 is 15.3 Å². The van der Waals surface area contributed by atoms with Crippen LogP contribution in [0.15, 0.2) is 30.3 Å². The average molecular weight is 344 g/mol. The standard InChI is InChI=1S/C20H28N2O3/c23-18(15-16-7-3-1-4-8-16)21-20(19(24)25)11-13-22(14-12-20)17-9-5-2-6-10-17/h2,5-6,9-10,16H,1,3-4,7-8,11-15H2,(H,21,23)(H,24,25). The summed E-state index contributed by atoms with van der Waals surface area (Å²) in [5.74, 6) is -0.580. The molecule has 1 amide bonds. The lowest BCUT2D eigenvalue weighted by atomic mass is 9.84. The van der Waals surface area contributed by atoms with Crippen molar-refractivity contribution in [2.45, 2.75) is 56.9 Å². The number of hydrogen-bond acceptors (Lipinski definition) is 3. The predicted molar refractivity (Wildman–Crippen MR) is 97.6 cm³/mol. The van der Waals surface area contributed by atoms with Crippen LogP contribution in [-0.4, -0.2) is 35.6 Å². The summed E-state index contributed by atoms with van der Waals surface area (Å²) < 4.78 is 0. The highest BCUT2D eigenvalue weighted by atomic mass is 16.4. The van der Waals surface area contributed by atoms with Crippen molar-refractivity contribution in [1.29, 1.82) is 0 Å². The molecule has 136 valence electrons. The molecule has 5 nitrogen and oxygen atoms in total. The predicted octanol–water partition coefficient (Wildman–Crippen LogP) is 3.20. The monoisotopic (exact) mass is 344 g/mol. The SMILES string of the molecule is O=C(CC1CCCCC1)NC1(C(=O)O)CCN(c2ccccc2)CC1. The molecule has 1 aliphatic carbocycles. The van der Waals surface area contributed by atoms with Gasteiger partial charge in [-0.1, -0.05) is 37.5 Å². The van der Waals surface area contributed by atoms with E-state index in [0.29, 0.717) is 38.3 Å². The fourth-order valence-corrected chi connectivity index (χ4v) is 4.15. The first kappa shape index (κ1) is 17.8. The Labute approximate surface area is 149 Å². The van der Waals surface area contributed by atoms with Gasteiger partial charge in [0.15, 0.2) is 0 Å². The van der Waals surface area contributed by atoms with E-state index in [1.54, 1.807) is 0 Å². The second kappa shape index (κ2) is 7.89. The number of carbonyl (C=O) groups excluding carboxylic acids is 1. The Bertz CT molecular complexity index is 588. The van der Waals surface area contributed by atoms with Crippen LogP contribution in [0.2, 0.25) is 0 Å². The maximum absolute atomic E-state index is 12.5. The molecular formula is C20H28N2O3. The molecule has 2 fully saturated rings. The molecule has 1 aliphatic heterocycles. The third-order valence-corrected chi connectivity index (χ3v) is 5.73. The number of piperidine rings is 1. The normalized spacial score (nSPS) is 20.9. The van der Waals surface area contributed by atoms with Crippen molar-refractivity contribution < 1.29 is 14.7 Å². The van der Waals surface area contributed by atoms with Gasteiger partial charge in [0.05, 0.1) is 0 Å². The molecule has 0 aromatic heterocycles. The summed E-state index contributed by atoms with van der Waals surface area (Å²) in [7, 11) is 0. The van der Waals surface area contributed by atoms with Crippen molar-refractivity contribution in [2.24, 2.45) is 5.92 Å². The second-order valence-electron chi connectivity index (χ2n) is 7.47. The Morgan fingerprint density at radius 2 is 1.72 bits per heavy atom. The molecule has 3 rings (SSSR count). The lowest BCUT2D eigenvalue weighted by molar-refractivity contribution is -0.149. The molecule has 1 saturated heterocycles. The van der Waals surface area contributed by atoms with Gasteiger partial charge in [-0.25, -0.2) is 4.79 Å². The van der Waals surface area contributed by atoms with Crippen LogP contribution in [-0.2, 0) is 9.59 Å². The molecule has 0 spiro atoms. The van der Waals surface area contributed by atoms with E-state index in [2.05, 4.69) is 10.2 Å². The summed E-state index contributed by atoms with van der Waals surface area (Å²) in [5.41, 5.74) is -0.00756. The molecule has 0 unspecified atom stereocenters. The summed E-state index contributed by atoms with van der Waals surface area (Å²) in [5, 5.41) is 12.7. The molecule has 1 aromatic carbocycles. The van der Waals surface area contributed by atoms with Gasteiger partial charge in [-0.3, -0.25) is 4.79 Å². The number of carbonyl (C=O) groups is 2. The zero-order valence-electron chi connectivity index (χ0n) is 14.7. The Kier molecular flexibility index (Phi) is 5.61. The first-order chi connectivity index (χ1) is 12.1. The smallest absolute Gasteiger partial charge is 0.329 e. The lowest BCUT2D eigenvalue weighted by Gasteiger charge is -2.40. The molecule has 0 bridgehead atoms. The minimum absolute atomic E-state index is 0.0949. The van der Waals surface area contributed by atoms with E-state index in [9.17, 15) is 14.7 Å². The third-order valence-electron chi connectivity index (χ3n) is 5.73. The Hall–Kier alpha value is -2.04. The van der Waals surface area contributed by atoms with Crippen molar-refractivity contribution in [1.82, 2.24) is 5.32 Å². The zero-order valence-corrected chi connectivity index (χ0v) is 14.7. The first-order valence-corrected chi connectivity index (χ1v) is 9.43. The summed E-state index contributed by atoms with van der Waals surface area (Å²) in [6.07, 6.45) is 7.16. The van der Waals surface area contributed by atoms with E-state index in [0.717, 1.165) is 18.5 Å². The van der Waals surface area contributed by atoms with E-state index in [1.807, 2.05) is 30.3 Å². The first-order valence-electron chi connectivity index (χ1n) is 9.43. The van der Waals surface area contributed by atoms with Gasteiger partial charge in [0.25, 0.3) is 0 Å². The average Bonchev–Trinajstić information content (AvgIpc) is 2.63. The van der Waals surface area contributed by atoms with Crippen LogP contribution in [0.5, 0.6) is 0 Å². The van der Waals surface area contributed by atoms with E-state index < -0.39 is 11.5 Å². The van der Waals surface area contributed by atoms with Crippen molar-refractivity contribution >= 4 is 17.6 Å². The van der Waals surface area contributed by atoms with Crippen LogP contribution in [0, 0.1) is 5.92 Å². The number of anilines is 1. The Morgan fingerprint density at radius 3 is 2.32 bits per heavy atom. The number of aliphatic carboxylic acids is 1. The summed E-state index contributed by atoms with van der Waals surface area (Å²) in [6.45, 7) is 1.28. The lowest BCUT2D eigenvalue weighted by Crippen LogP contribution is -2.60. The summed E-state index contributed by atoms with van der Waals surface area (Å²) in [6, 6.07) is 10.0. The summed E-state index contributed by atoms with van der Waals surface area (Å²) in [4.78, 5) is 26.6. The van der Waals surface area contributed by atoms with Crippen LogP contribution in [0.4, 0.5) is 5.69 Å². The second-order valence-corrected chi connectivity index (χ2v) is 7.47. The third kappa shape index (κ3) is 4.33. The van der Waals surface area contributed by atoms with Gasteiger partial charge in [-0.05, 0) is 43.7 Å². The molecule has 0 atom stereocenters. The van der Waals surface area contributed by atoms with Crippen LogP contribution in [0.3, 0.4) is 0 Å².